The number of aromatic nitrogens is 1. The normalized spacial score (nSPS) is 11.1. The predicted octanol–water partition coefficient (Wildman–Crippen LogP) is 7.74. The molecule has 5 aromatic carbocycles. The van der Waals surface area contributed by atoms with Crippen molar-refractivity contribution in [1.82, 2.24) is 4.98 Å². The Morgan fingerprint density at radius 1 is 0.524 bits per heavy atom. The van der Waals surface area contributed by atoms with E-state index in [0.717, 1.165) is 28.3 Å². The van der Waals surface area contributed by atoms with Gasteiger partial charge in [-0.15, -0.1) is 0 Å². The lowest BCUT2D eigenvalue weighted by Gasteiger charge is -2.23. The average molecular weight is 601 g/mol. The molecular formula is C37H31ClN2P2. The summed E-state index contributed by atoms with van der Waals surface area (Å²) < 4.78 is 0. The fourth-order valence-corrected chi connectivity index (χ4v) is 9.84. The third-order valence-corrected chi connectivity index (χ3v) is 12.2. The van der Waals surface area contributed by atoms with Crippen molar-refractivity contribution < 1.29 is 0 Å². The molecule has 2 nitrogen and oxygen atoms in total. The number of nitrogens with zero attached hydrogens (tertiary/aromatic N) is 1. The third-order valence-electron chi connectivity index (χ3n) is 7.01. The van der Waals surface area contributed by atoms with E-state index < -0.39 is 15.8 Å². The topological polar surface area (TPSA) is 24.9 Å². The number of pyridine rings is 1. The molecule has 42 heavy (non-hydrogen) atoms. The number of halogens is 1. The SMILES string of the molecule is Clc1ccc(P(c2ccccc2)c2ccccc2)c(NCc2cccc(CP(c3ccccc3)c3ccccc3)n2)c1. The standard InChI is InChI=1S/C37H31ClN2P2/c38-29-24-25-37(42(34-20-9-3-10-21-34)35-22-11-4-12-23-35)36(26-29)39-27-30-14-13-15-31(40-30)28-41(32-16-5-1-6-17-32)33-18-7-2-8-19-33/h1-26,39H,27-28H2. The highest BCUT2D eigenvalue weighted by molar-refractivity contribution is 7.80. The molecule has 0 aliphatic carbocycles. The van der Waals surface area contributed by atoms with Crippen LogP contribution in [0.1, 0.15) is 11.4 Å². The maximum atomic E-state index is 6.55. The maximum absolute atomic E-state index is 6.55. The van der Waals surface area contributed by atoms with Gasteiger partial charge in [0, 0.05) is 27.9 Å². The number of anilines is 1. The summed E-state index contributed by atoms with van der Waals surface area (Å²) >= 11 is 6.55. The summed E-state index contributed by atoms with van der Waals surface area (Å²) in [5, 5.41) is 11.0. The van der Waals surface area contributed by atoms with Gasteiger partial charge in [-0.05, 0) is 61.3 Å². The van der Waals surface area contributed by atoms with Crippen LogP contribution in [-0.4, -0.2) is 4.98 Å². The number of hydrogen-bond acceptors (Lipinski definition) is 2. The highest BCUT2D eigenvalue weighted by Gasteiger charge is 2.20. The average Bonchev–Trinajstić information content (AvgIpc) is 3.06. The number of rotatable bonds is 10. The molecular weight excluding hydrogens is 570 g/mol. The summed E-state index contributed by atoms with van der Waals surface area (Å²) in [6, 6.07) is 55.7. The molecule has 6 rings (SSSR count). The van der Waals surface area contributed by atoms with E-state index in [-0.39, 0.29) is 0 Å². The van der Waals surface area contributed by atoms with Crippen molar-refractivity contribution in [3.63, 3.8) is 0 Å². The van der Waals surface area contributed by atoms with Gasteiger partial charge in [0.1, 0.15) is 0 Å². The van der Waals surface area contributed by atoms with E-state index >= 15 is 0 Å². The first-order chi connectivity index (χ1) is 20.7. The molecule has 1 heterocycles. The first kappa shape index (κ1) is 28.3. The molecule has 0 amide bonds. The summed E-state index contributed by atoms with van der Waals surface area (Å²) in [6.45, 7) is 0.614. The van der Waals surface area contributed by atoms with Gasteiger partial charge >= 0.3 is 0 Å². The van der Waals surface area contributed by atoms with E-state index in [9.17, 15) is 0 Å². The van der Waals surface area contributed by atoms with Crippen LogP contribution in [0.25, 0.3) is 0 Å². The fraction of sp³-hybridized carbons (Fsp3) is 0.0541. The third kappa shape index (κ3) is 6.97. The Hall–Kier alpha value is -3.80. The monoisotopic (exact) mass is 600 g/mol. The van der Waals surface area contributed by atoms with Crippen LogP contribution in [0.3, 0.4) is 0 Å². The summed E-state index contributed by atoms with van der Waals surface area (Å²) in [5.41, 5.74) is 3.16. The van der Waals surface area contributed by atoms with Crippen molar-refractivity contribution in [2.45, 2.75) is 12.7 Å². The zero-order chi connectivity index (χ0) is 28.6. The molecule has 1 aromatic heterocycles. The first-order valence-corrected chi connectivity index (χ1v) is 17.3. The van der Waals surface area contributed by atoms with Gasteiger partial charge in [-0.2, -0.15) is 0 Å². The lowest BCUT2D eigenvalue weighted by atomic mass is 10.3. The van der Waals surface area contributed by atoms with Gasteiger partial charge in [0.15, 0.2) is 0 Å². The van der Waals surface area contributed by atoms with Crippen molar-refractivity contribution >= 4 is 59.7 Å². The fourth-order valence-electron chi connectivity index (χ4n) is 5.04. The van der Waals surface area contributed by atoms with Crippen LogP contribution >= 0.6 is 27.4 Å². The Morgan fingerprint density at radius 3 is 1.57 bits per heavy atom. The highest BCUT2D eigenvalue weighted by atomic mass is 35.5. The Morgan fingerprint density at radius 2 is 1.02 bits per heavy atom. The molecule has 0 aliphatic rings. The molecule has 206 valence electrons. The smallest absolute Gasteiger partial charge is 0.0598 e. The van der Waals surface area contributed by atoms with Crippen LogP contribution in [0.2, 0.25) is 5.02 Å². The van der Waals surface area contributed by atoms with Gasteiger partial charge < -0.3 is 5.32 Å². The molecule has 0 saturated heterocycles. The Bertz CT molecular complexity index is 1640. The largest absolute Gasteiger partial charge is 0.379 e. The van der Waals surface area contributed by atoms with Crippen molar-refractivity contribution in [3.8, 4) is 0 Å². The minimum Gasteiger partial charge on any atom is -0.379 e. The van der Waals surface area contributed by atoms with Gasteiger partial charge in [-0.25, -0.2) is 0 Å². The number of hydrogen-bond donors (Lipinski definition) is 1. The van der Waals surface area contributed by atoms with E-state index in [1.807, 2.05) is 12.1 Å². The molecule has 6 aromatic rings. The number of nitrogens with one attached hydrogen (secondary N) is 1. The van der Waals surface area contributed by atoms with Crippen molar-refractivity contribution in [2.24, 2.45) is 0 Å². The maximum Gasteiger partial charge on any atom is 0.0598 e. The first-order valence-electron chi connectivity index (χ1n) is 14.0. The second kappa shape index (κ2) is 13.9. The zero-order valence-corrected chi connectivity index (χ0v) is 25.7. The summed E-state index contributed by atoms with van der Waals surface area (Å²) in [4.78, 5) is 5.12. The van der Waals surface area contributed by atoms with Gasteiger partial charge in [-0.1, -0.05) is 145 Å². The van der Waals surface area contributed by atoms with Gasteiger partial charge in [0.05, 0.1) is 12.2 Å². The van der Waals surface area contributed by atoms with E-state index in [1.54, 1.807) is 0 Å². The van der Waals surface area contributed by atoms with Gasteiger partial charge in [-0.3, -0.25) is 4.98 Å². The van der Waals surface area contributed by atoms with E-state index in [4.69, 9.17) is 16.6 Å². The molecule has 0 unspecified atom stereocenters. The molecule has 1 N–H and O–H groups in total. The number of benzene rings is 5. The van der Waals surface area contributed by atoms with Crippen molar-refractivity contribution in [3.05, 3.63) is 174 Å². The van der Waals surface area contributed by atoms with Crippen LogP contribution in [0, 0.1) is 0 Å². The molecule has 0 saturated carbocycles. The van der Waals surface area contributed by atoms with Crippen LogP contribution in [0.5, 0.6) is 0 Å². The lowest BCUT2D eigenvalue weighted by molar-refractivity contribution is 1.01. The molecule has 5 heteroatoms. The van der Waals surface area contributed by atoms with Gasteiger partial charge in [0.2, 0.25) is 0 Å². The predicted molar refractivity (Wildman–Crippen MR) is 184 cm³/mol. The van der Waals surface area contributed by atoms with E-state index in [1.165, 1.54) is 26.5 Å². The zero-order valence-electron chi connectivity index (χ0n) is 23.1. The summed E-state index contributed by atoms with van der Waals surface area (Å²) in [5.74, 6) is 0. The van der Waals surface area contributed by atoms with Crippen LogP contribution in [0.4, 0.5) is 5.69 Å². The Labute approximate surface area is 256 Å². The molecule has 0 bridgehead atoms. The van der Waals surface area contributed by atoms with Crippen molar-refractivity contribution in [1.29, 1.82) is 0 Å². The molecule has 0 radical (unpaired) electrons. The van der Waals surface area contributed by atoms with Crippen LogP contribution < -0.4 is 31.8 Å². The van der Waals surface area contributed by atoms with Crippen LogP contribution in [-0.2, 0) is 12.7 Å². The highest BCUT2D eigenvalue weighted by Crippen LogP contribution is 2.38. The van der Waals surface area contributed by atoms with Gasteiger partial charge in [0.25, 0.3) is 0 Å². The second-order valence-electron chi connectivity index (χ2n) is 9.90. The molecule has 0 fully saturated rings. The molecule has 0 spiro atoms. The van der Waals surface area contributed by atoms with E-state index in [0.29, 0.717) is 6.54 Å². The van der Waals surface area contributed by atoms with Crippen LogP contribution in [0.15, 0.2) is 158 Å². The minimum absolute atomic E-state index is 0.560. The molecule has 0 atom stereocenters. The summed E-state index contributed by atoms with van der Waals surface area (Å²) in [6.07, 6.45) is 0.896. The Balaban J connectivity index is 1.27. The quantitative estimate of drug-likeness (QED) is 0.163. The Kier molecular flexibility index (Phi) is 9.38. The molecule has 0 aliphatic heterocycles. The minimum atomic E-state index is -0.768. The second-order valence-corrected chi connectivity index (χ2v) is 14.7. The summed E-state index contributed by atoms with van der Waals surface area (Å²) in [7, 11) is -1.33. The van der Waals surface area contributed by atoms with E-state index in [2.05, 4.69) is 151 Å². The lowest BCUT2D eigenvalue weighted by Crippen LogP contribution is -2.23. The van der Waals surface area contributed by atoms with Crippen molar-refractivity contribution in [2.75, 3.05) is 5.32 Å².